The summed E-state index contributed by atoms with van der Waals surface area (Å²) >= 11 is 0. The molecule has 2 aliphatic rings. The summed E-state index contributed by atoms with van der Waals surface area (Å²) in [5.41, 5.74) is -1.27. The standard InChI is InChI=1S/C24H44N2O5/c1-23(2,3)31-22(28)25-17-14-24(29,15-18-25)19-26(20-11-7-5-8-12-20)16-10-6-9-13-21(27)30-4/h20,29H,5-19H2,1-4H3. The maximum atomic E-state index is 12.3. The summed E-state index contributed by atoms with van der Waals surface area (Å²) in [6, 6.07) is 0.530. The largest absolute Gasteiger partial charge is 0.469 e. The third-order valence-electron chi connectivity index (χ3n) is 6.49. The number of carbonyl (C=O) groups is 2. The maximum absolute atomic E-state index is 12.3. The number of unbranched alkanes of at least 4 members (excludes halogenated alkanes) is 2. The Hall–Kier alpha value is -1.34. The third kappa shape index (κ3) is 9.36. The minimum Gasteiger partial charge on any atom is -0.469 e. The van der Waals surface area contributed by atoms with E-state index in [9.17, 15) is 14.7 Å². The fraction of sp³-hybridized carbons (Fsp3) is 0.917. The van der Waals surface area contributed by atoms with Crippen molar-refractivity contribution in [3.05, 3.63) is 0 Å². The molecule has 1 aliphatic carbocycles. The number of ether oxygens (including phenoxy) is 2. The predicted octanol–water partition coefficient (Wildman–Crippen LogP) is 4.12. The number of hydrogen-bond acceptors (Lipinski definition) is 6. The number of methoxy groups -OCH3 is 1. The zero-order chi connectivity index (χ0) is 22.9. The predicted molar refractivity (Wildman–Crippen MR) is 121 cm³/mol. The van der Waals surface area contributed by atoms with Gasteiger partial charge in [0.25, 0.3) is 0 Å². The highest BCUT2D eigenvalue weighted by molar-refractivity contribution is 5.69. The van der Waals surface area contributed by atoms with Crippen molar-refractivity contribution in [1.82, 2.24) is 9.80 Å². The van der Waals surface area contributed by atoms with Crippen molar-refractivity contribution in [3.63, 3.8) is 0 Å². The van der Waals surface area contributed by atoms with Crippen LogP contribution in [0.1, 0.15) is 91.4 Å². The van der Waals surface area contributed by atoms with Crippen LogP contribution in [0.2, 0.25) is 0 Å². The number of aliphatic hydroxyl groups is 1. The monoisotopic (exact) mass is 440 g/mol. The van der Waals surface area contributed by atoms with Gasteiger partial charge in [-0.2, -0.15) is 0 Å². The Morgan fingerprint density at radius 1 is 1.06 bits per heavy atom. The van der Waals surface area contributed by atoms with Gasteiger partial charge >= 0.3 is 12.1 Å². The van der Waals surface area contributed by atoms with E-state index in [2.05, 4.69) is 4.90 Å². The summed E-state index contributed by atoms with van der Waals surface area (Å²) in [6.07, 6.45) is 10.4. The molecule has 0 aromatic heterocycles. The molecule has 31 heavy (non-hydrogen) atoms. The summed E-state index contributed by atoms with van der Waals surface area (Å²) in [6.45, 7) is 8.29. The summed E-state index contributed by atoms with van der Waals surface area (Å²) in [4.78, 5) is 27.9. The van der Waals surface area contributed by atoms with Crippen LogP contribution in [0.4, 0.5) is 4.79 Å². The zero-order valence-corrected chi connectivity index (χ0v) is 20.2. The molecule has 7 nitrogen and oxygen atoms in total. The quantitative estimate of drug-likeness (QED) is 0.429. The molecule has 0 aromatic rings. The lowest BCUT2D eigenvalue weighted by molar-refractivity contribution is -0.140. The van der Waals surface area contributed by atoms with E-state index in [0.717, 1.165) is 25.8 Å². The van der Waals surface area contributed by atoms with E-state index < -0.39 is 11.2 Å². The van der Waals surface area contributed by atoms with Crippen LogP contribution in [-0.4, -0.2) is 77.5 Å². The molecule has 2 rings (SSSR count). The van der Waals surface area contributed by atoms with Crippen LogP contribution < -0.4 is 0 Å². The molecule has 0 bridgehead atoms. The van der Waals surface area contributed by atoms with Crippen molar-refractivity contribution in [3.8, 4) is 0 Å². The molecule has 1 saturated carbocycles. The van der Waals surface area contributed by atoms with Crippen molar-refractivity contribution in [1.29, 1.82) is 0 Å². The number of piperidine rings is 1. The second kappa shape index (κ2) is 12.0. The lowest BCUT2D eigenvalue weighted by Crippen LogP contribution is -2.54. The normalized spacial score (nSPS) is 20.0. The molecule has 1 N–H and O–H groups in total. The molecule has 0 aromatic carbocycles. The Balaban J connectivity index is 1.86. The number of amides is 1. The van der Waals surface area contributed by atoms with Crippen LogP contribution in [0.3, 0.4) is 0 Å². The lowest BCUT2D eigenvalue weighted by atomic mass is 9.88. The van der Waals surface area contributed by atoms with E-state index in [0.29, 0.717) is 44.9 Å². The molecule has 2 fully saturated rings. The molecule has 0 unspecified atom stereocenters. The van der Waals surface area contributed by atoms with Gasteiger partial charge in [0, 0.05) is 32.1 Å². The zero-order valence-electron chi connectivity index (χ0n) is 20.2. The SMILES string of the molecule is COC(=O)CCCCCN(CC1(O)CCN(C(=O)OC(C)(C)C)CC1)C1CCCCC1. The molecule has 1 heterocycles. The van der Waals surface area contributed by atoms with Gasteiger partial charge in [0.05, 0.1) is 12.7 Å². The molecular weight excluding hydrogens is 396 g/mol. The lowest BCUT2D eigenvalue weighted by Gasteiger charge is -2.44. The molecule has 0 spiro atoms. The van der Waals surface area contributed by atoms with Crippen LogP contribution in [0.15, 0.2) is 0 Å². The molecule has 0 radical (unpaired) electrons. The Morgan fingerprint density at radius 3 is 2.29 bits per heavy atom. The van der Waals surface area contributed by atoms with Gasteiger partial charge in [0.15, 0.2) is 0 Å². The number of carbonyl (C=O) groups excluding carboxylic acids is 2. The van der Waals surface area contributed by atoms with Crippen LogP contribution >= 0.6 is 0 Å². The highest BCUT2D eigenvalue weighted by Crippen LogP contribution is 2.29. The molecule has 180 valence electrons. The van der Waals surface area contributed by atoms with Crippen molar-refractivity contribution >= 4 is 12.1 Å². The number of hydrogen-bond donors (Lipinski definition) is 1. The minimum absolute atomic E-state index is 0.143. The van der Waals surface area contributed by atoms with Gasteiger partial charge < -0.3 is 19.5 Å². The van der Waals surface area contributed by atoms with Gasteiger partial charge in [0.2, 0.25) is 0 Å². The first-order valence-electron chi connectivity index (χ1n) is 12.1. The Bertz CT molecular complexity index is 561. The second-order valence-corrected chi connectivity index (χ2v) is 10.3. The average molecular weight is 441 g/mol. The van der Waals surface area contributed by atoms with E-state index >= 15 is 0 Å². The fourth-order valence-corrected chi connectivity index (χ4v) is 4.67. The van der Waals surface area contributed by atoms with E-state index in [1.807, 2.05) is 20.8 Å². The first-order valence-corrected chi connectivity index (χ1v) is 12.1. The summed E-state index contributed by atoms with van der Waals surface area (Å²) < 4.78 is 10.2. The number of likely N-dealkylation sites (tertiary alicyclic amines) is 1. The Kier molecular flexibility index (Phi) is 10.1. The van der Waals surface area contributed by atoms with E-state index in [-0.39, 0.29) is 12.1 Å². The highest BCUT2D eigenvalue weighted by Gasteiger charge is 2.38. The van der Waals surface area contributed by atoms with Gasteiger partial charge in [-0.3, -0.25) is 9.69 Å². The first-order chi connectivity index (χ1) is 14.6. The summed E-state index contributed by atoms with van der Waals surface area (Å²) in [5.74, 6) is -0.143. The minimum atomic E-state index is -0.762. The van der Waals surface area contributed by atoms with Crippen LogP contribution in [0.5, 0.6) is 0 Å². The first kappa shape index (κ1) is 25.9. The number of nitrogens with zero attached hydrogens (tertiary/aromatic N) is 2. The van der Waals surface area contributed by atoms with E-state index in [4.69, 9.17) is 9.47 Å². The fourth-order valence-electron chi connectivity index (χ4n) is 4.67. The van der Waals surface area contributed by atoms with Crippen molar-refractivity contribution in [2.45, 2.75) is 109 Å². The van der Waals surface area contributed by atoms with E-state index in [1.165, 1.54) is 39.2 Å². The van der Waals surface area contributed by atoms with Crippen molar-refractivity contribution in [2.75, 3.05) is 33.3 Å². The smallest absolute Gasteiger partial charge is 0.410 e. The van der Waals surface area contributed by atoms with Crippen LogP contribution in [-0.2, 0) is 14.3 Å². The number of esters is 1. The molecular formula is C24H44N2O5. The topological polar surface area (TPSA) is 79.3 Å². The molecule has 1 saturated heterocycles. The average Bonchev–Trinajstić information content (AvgIpc) is 2.72. The van der Waals surface area contributed by atoms with Crippen LogP contribution in [0.25, 0.3) is 0 Å². The van der Waals surface area contributed by atoms with Gasteiger partial charge in [0.1, 0.15) is 5.60 Å². The Labute approximate surface area is 188 Å². The molecule has 0 atom stereocenters. The van der Waals surface area contributed by atoms with Gasteiger partial charge in [-0.25, -0.2) is 4.79 Å². The highest BCUT2D eigenvalue weighted by atomic mass is 16.6. The third-order valence-corrected chi connectivity index (χ3v) is 6.49. The molecule has 1 amide bonds. The van der Waals surface area contributed by atoms with Crippen LogP contribution in [0, 0.1) is 0 Å². The number of rotatable bonds is 9. The van der Waals surface area contributed by atoms with E-state index in [1.54, 1.807) is 4.90 Å². The van der Waals surface area contributed by atoms with Gasteiger partial charge in [-0.15, -0.1) is 0 Å². The van der Waals surface area contributed by atoms with Crippen molar-refractivity contribution in [2.24, 2.45) is 0 Å². The van der Waals surface area contributed by atoms with Gasteiger partial charge in [-0.05, 0) is 65.8 Å². The van der Waals surface area contributed by atoms with Crippen molar-refractivity contribution < 1.29 is 24.2 Å². The van der Waals surface area contributed by atoms with Gasteiger partial charge in [-0.1, -0.05) is 25.7 Å². The summed E-state index contributed by atoms with van der Waals surface area (Å²) in [5, 5.41) is 11.3. The molecule has 7 heteroatoms. The Morgan fingerprint density at radius 2 is 1.71 bits per heavy atom. The molecule has 1 aliphatic heterocycles. The summed E-state index contributed by atoms with van der Waals surface area (Å²) in [7, 11) is 1.43. The second-order valence-electron chi connectivity index (χ2n) is 10.3. The maximum Gasteiger partial charge on any atom is 0.410 e.